The Hall–Kier alpha value is -0.700. The Morgan fingerprint density at radius 1 is 1.13 bits per heavy atom. The zero-order valence-corrected chi connectivity index (χ0v) is 15.1. The van der Waals surface area contributed by atoms with Crippen molar-refractivity contribution in [3.05, 3.63) is 0 Å². The first-order chi connectivity index (χ1) is 10.8. The highest BCUT2D eigenvalue weighted by Gasteiger charge is 2.49. The first-order valence-electron chi connectivity index (χ1n) is 8.54. The molecule has 4 atom stereocenters. The molecule has 1 saturated carbocycles. The van der Waals surface area contributed by atoms with Gasteiger partial charge in [-0.05, 0) is 26.8 Å². The highest BCUT2D eigenvalue weighted by atomic mass is 32.2. The summed E-state index contributed by atoms with van der Waals surface area (Å²) >= 11 is 0. The zero-order chi connectivity index (χ0) is 16.8. The Morgan fingerprint density at radius 2 is 1.78 bits per heavy atom. The summed E-state index contributed by atoms with van der Waals surface area (Å²) in [5.41, 5.74) is 0. The van der Waals surface area contributed by atoms with Gasteiger partial charge in [0, 0.05) is 44.8 Å². The predicted octanol–water partition coefficient (Wildman–Crippen LogP) is -0.00140. The smallest absolute Gasteiger partial charge is 0.231 e. The SMILES string of the molecule is CC(=O)N1C2CCCCC2N(S(=O)(=O)C2CN(C)CN2)C[C@@H]1C. The zero-order valence-electron chi connectivity index (χ0n) is 14.2. The number of sulfonamides is 1. The monoisotopic (exact) mass is 344 g/mol. The van der Waals surface area contributed by atoms with Gasteiger partial charge in [0.25, 0.3) is 0 Å². The molecule has 0 radical (unpaired) electrons. The van der Waals surface area contributed by atoms with E-state index < -0.39 is 15.4 Å². The Kier molecular flexibility index (Phi) is 4.70. The molecule has 0 bridgehead atoms. The summed E-state index contributed by atoms with van der Waals surface area (Å²) < 4.78 is 28.0. The molecule has 3 rings (SSSR count). The van der Waals surface area contributed by atoms with Crippen LogP contribution in [-0.2, 0) is 14.8 Å². The van der Waals surface area contributed by atoms with Crippen molar-refractivity contribution >= 4 is 15.9 Å². The van der Waals surface area contributed by atoms with Crippen LogP contribution in [0.25, 0.3) is 0 Å². The quantitative estimate of drug-likeness (QED) is 0.763. The summed E-state index contributed by atoms with van der Waals surface area (Å²) in [6.45, 7) is 5.08. The molecular weight excluding hydrogens is 316 g/mol. The lowest BCUT2D eigenvalue weighted by molar-refractivity contribution is -0.139. The molecule has 0 aromatic heterocycles. The lowest BCUT2D eigenvalue weighted by Crippen LogP contribution is -2.67. The van der Waals surface area contributed by atoms with Crippen molar-refractivity contribution in [1.82, 2.24) is 19.4 Å². The van der Waals surface area contributed by atoms with Crippen LogP contribution in [0.3, 0.4) is 0 Å². The summed E-state index contributed by atoms with van der Waals surface area (Å²) in [7, 11) is -1.49. The number of carbonyl (C=O) groups excluding carboxylic acids is 1. The molecular formula is C15H28N4O3S. The Bertz CT molecular complexity index is 567. The number of likely N-dealkylation sites (N-methyl/N-ethyl adjacent to an activating group) is 1. The Morgan fingerprint density at radius 3 is 2.35 bits per heavy atom. The van der Waals surface area contributed by atoms with Gasteiger partial charge in [0.2, 0.25) is 15.9 Å². The van der Waals surface area contributed by atoms with Gasteiger partial charge in [0.1, 0.15) is 5.37 Å². The van der Waals surface area contributed by atoms with Crippen LogP contribution in [0.15, 0.2) is 0 Å². The average molecular weight is 344 g/mol. The molecule has 23 heavy (non-hydrogen) atoms. The molecule has 1 amide bonds. The van der Waals surface area contributed by atoms with Gasteiger partial charge in [-0.25, -0.2) is 8.42 Å². The van der Waals surface area contributed by atoms with Gasteiger partial charge in [-0.2, -0.15) is 4.31 Å². The number of carbonyl (C=O) groups is 1. The third kappa shape index (κ3) is 3.01. The molecule has 2 saturated heterocycles. The third-order valence-corrected chi connectivity index (χ3v) is 7.56. The molecule has 7 nitrogen and oxygen atoms in total. The lowest BCUT2D eigenvalue weighted by atomic mass is 9.86. The second kappa shape index (κ2) is 6.31. The van der Waals surface area contributed by atoms with E-state index >= 15 is 0 Å². The topological polar surface area (TPSA) is 73.0 Å². The number of amides is 1. The minimum Gasteiger partial charge on any atom is -0.334 e. The first kappa shape index (κ1) is 17.1. The van der Waals surface area contributed by atoms with Crippen LogP contribution in [0.5, 0.6) is 0 Å². The molecule has 3 fully saturated rings. The Balaban J connectivity index is 1.88. The van der Waals surface area contributed by atoms with E-state index in [0.717, 1.165) is 25.7 Å². The molecule has 0 aromatic carbocycles. The molecule has 1 N–H and O–H groups in total. The molecule has 1 aliphatic carbocycles. The predicted molar refractivity (Wildman–Crippen MR) is 88.1 cm³/mol. The summed E-state index contributed by atoms with van der Waals surface area (Å²) in [6.07, 6.45) is 3.85. The van der Waals surface area contributed by atoms with E-state index in [2.05, 4.69) is 5.32 Å². The van der Waals surface area contributed by atoms with E-state index in [1.54, 1.807) is 11.2 Å². The minimum atomic E-state index is -3.40. The van der Waals surface area contributed by atoms with Gasteiger partial charge in [-0.15, -0.1) is 0 Å². The van der Waals surface area contributed by atoms with Gasteiger partial charge < -0.3 is 4.90 Å². The van der Waals surface area contributed by atoms with E-state index in [1.807, 2.05) is 23.8 Å². The number of fused-ring (bicyclic) bond motifs is 1. The van der Waals surface area contributed by atoms with E-state index in [4.69, 9.17) is 0 Å². The van der Waals surface area contributed by atoms with Crippen molar-refractivity contribution in [2.75, 3.05) is 26.8 Å². The van der Waals surface area contributed by atoms with Crippen LogP contribution in [0.4, 0.5) is 0 Å². The highest BCUT2D eigenvalue weighted by molar-refractivity contribution is 7.89. The number of nitrogens with one attached hydrogen (secondary N) is 1. The second-order valence-corrected chi connectivity index (χ2v) is 9.27. The molecule has 132 valence electrons. The average Bonchev–Trinajstić information content (AvgIpc) is 2.93. The van der Waals surface area contributed by atoms with Crippen LogP contribution in [-0.4, -0.2) is 78.7 Å². The van der Waals surface area contributed by atoms with Crippen LogP contribution in [0.1, 0.15) is 39.5 Å². The van der Waals surface area contributed by atoms with Crippen molar-refractivity contribution in [2.24, 2.45) is 0 Å². The Labute approximate surface area is 139 Å². The fraction of sp³-hybridized carbons (Fsp3) is 0.933. The number of piperazine rings is 1. The van der Waals surface area contributed by atoms with Gasteiger partial charge in [-0.1, -0.05) is 12.8 Å². The van der Waals surface area contributed by atoms with Gasteiger partial charge in [0.15, 0.2) is 0 Å². The van der Waals surface area contributed by atoms with Crippen molar-refractivity contribution in [3.63, 3.8) is 0 Å². The fourth-order valence-corrected chi connectivity index (χ4v) is 6.53. The minimum absolute atomic E-state index is 0.0268. The van der Waals surface area contributed by atoms with Crippen molar-refractivity contribution in [3.8, 4) is 0 Å². The van der Waals surface area contributed by atoms with Crippen LogP contribution >= 0.6 is 0 Å². The van der Waals surface area contributed by atoms with Crippen LogP contribution < -0.4 is 5.32 Å². The van der Waals surface area contributed by atoms with Gasteiger partial charge in [0.05, 0.1) is 0 Å². The number of nitrogens with zero attached hydrogens (tertiary/aromatic N) is 3. The van der Waals surface area contributed by atoms with E-state index in [0.29, 0.717) is 19.8 Å². The van der Waals surface area contributed by atoms with Crippen molar-refractivity contribution in [2.45, 2.75) is 63.0 Å². The molecule has 3 unspecified atom stereocenters. The largest absolute Gasteiger partial charge is 0.334 e. The molecule has 2 heterocycles. The summed E-state index contributed by atoms with van der Waals surface area (Å²) in [6, 6.07) is -0.110. The maximum atomic E-state index is 13.1. The van der Waals surface area contributed by atoms with Crippen LogP contribution in [0.2, 0.25) is 0 Å². The van der Waals surface area contributed by atoms with E-state index in [9.17, 15) is 13.2 Å². The molecule has 8 heteroatoms. The van der Waals surface area contributed by atoms with Crippen molar-refractivity contribution < 1.29 is 13.2 Å². The van der Waals surface area contributed by atoms with Gasteiger partial charge >= 0.3 is 0 Å². The normalized spacial score (nSPS) is 36.9. The fourth-order valence-electron chi connectivity index (χ4n) is 4.43. The third-order valence-electron chi connectivity index (χ3n) is 5.46. The number of rotatable bonds is 2. The second-order valence-electron chi connectivity index (χ2n) is 7.20. The molecule has 2 aliphatic heterocycles. The summed E-state index contributed by atoms with van der Waals surface area (Å²) in [5, 5.41) is 2.57. The summed E-state index contributed by atoms with van der Waals surface area (Å²) in [5.74, 6) is 0.0603. The van der Waals surface area contributed by atoms with Crippen LogP contribution in [0, 0.1) is 0 Å². The van der Waals surface area contributed by atoms with E-state index in [1.165, 1.54) is 0 Å². The highest BCUT2D eigenvalue weighted by Crippen LogP contribution is 2.35. The lowest BCUT2D eigenvalue weighted by Gasteiger charge is -2.52. The standard InChI is InChI=1S/C15H28N4O3S/c1-11-8-18(23(21,22)15-9-17(3)10-16-15)13-6-4-5-7-14(13)19(11)12(2)20/h11,13-16H,4-10H2,1-3H3/t11-,13?,14?,15?/m0/s1. The molecule has 0 spiro atoms. The first-order valence-corrected chi connectivity index (χ1v) is 10.0. The number of hydrogen-bond donors (Lipinski definition) is 1. The molecule has 3 aliphatic rings. The van der Waals surface area contributed by atoms with Crippen molar-refractivity contribution in [1.29, 1.82) is 0 Å². The van der Waals surface area contributed by atoms with Gasteiger partial charge in [-0.3, -0.25) is 15.0 Å². The maximum Gasteiger partial charge on any atom is 0.231 e. The maximum absolute atomic E-state index is 13.1. The summed E-state index contributed by atoms with van der Waals surface area (Å²) in [4.78, 5) is 16.0. The van der Waals surface area contributed by atoms with E-state index in [-0.39, 0.29) is 24.0 Å². The molecule has 0 aromatic rings. The number of hydrogen-bond acceptors (Lipinski definition) is 5.